The molecule has 1 rings (SSSR count). The van der Waals surface area contributed by atoms with Crippen LogP contribution in [0.1, 0.15) is 12.5 Å². The maximum Gasteiger partial charge on any atom is -0.0126 e. The molecule has 56 valence electrons. The average Bonchev–Trinajstić information content (AvgIpc) is 1.91. The Morgan fingerprint density at radius 1 is 1.20 bits per heavy atom. The van der Waals surface area contributed by atoms with Crippen LogP contribution in [-0.4, -0.2) is 5.75 Å². The molecule has 0 aliphatic carbocycles. The zero-order valence-corrected chi connectivity index (χ0v) is 7.44. The highest BCUT2D eigenvalue weighted by molar-refractivity contribution is 7.80. The predicted molar refractivity (Wildman–Crippen MR) is 50.7 cm³/mol. The quantitative estimate of drug-likeness (QED) is 0.546. The van der Waals surface area contributed by atoms with E-state index in [1.165, 1.54) is 5.56 Å². The Morgan fingerprint density at radius 3 is 1.80 bits per heavy atom. The summed E-state index contributed by atoms with van der Waals surface area (Å²) in [6.45, 7) is 4.07. The van der Waals surface area contributed by atoms with E-state index in [-0.39, 0.29) is 0 Å². The summed E-state index contributed by atoms with van der Waals surface area (Å²) >= 11 is 3.79. The van der Waals surface area contributed by atoms with Crippen LogP contribution in [-0.2, 0) is 0 Å². The normalized spacial score (nSPS) is 7.90. The van der Waals surface area contributed by atoms with Gasteiger partial charge in [-0.1, -0.05) is 42.8 Å². The van der Waals surface area contributed by atoms with Gasteiger partial charge in [0, 0.05) is 0 Å². The van der Waals surface area contributed by atoms with Gasteiger partial charge in [0.25, 0.3) is 0 Å². The van der Waals surface area contributed by atoms with Crippen molar-refractivity contribution in [3.63, 3.8) is 0 Å². The number of thiol groups is 1. The molecule has 1 heteroatoms. The van der Waals surface area contributed by atoms with Gasteiger partial charge >= 0.3 is 0 Å². The molecule has 0 atom stereocenters. The molecule has 0 nitrogen and oxygen atoms in total. The molecule has 0 spiro atoms. The van der Waals surface area contributed by atoms with Gasteiger partial charge in [-0.05, 0) is 12.7 Å². The highest BCUT2D eigenvalue weighted by Crippen LogP contribution is 1.92. The molecule has 0 radical (unpaired) electrons. The Kier molecular flexibility index (Phi) is 6.40. The zero-order valence-electron chi connectivity index (χ0n) is 6.54. The number of benzene rings is 1. The predicted octanol–water partition coefficient (Wildman–Crippen LogP) is 2.93. The van der Waals surface area contributed by atoms with Crippen molar-refractivity contribution in [3.8, 4) is 0 Å². The molecule has 0 aliphatic rings. The molecular formula is C9H14S. The van der Waals surface area contributed by atoms with E-state index in [9.17, 15) is 0 Å². The molecule has 0 N–H and O–H groups in total. The van der Waals surface area contributed by atoms with E-state index in [1.54, 1.807) is 0 Å². The summed E-state index contributed by atoms with van der Waals surface area (Å²) in [6, 6.07) is 10.3. The number of rotatable bonds is 0. The first kappa shape index (κ1) is 9.57. The fourth-order valence-electron chi connectivity index (χ4n) is 0.534. The second-order valence-electron chi connectivity index (χ2n) is 1.97. The van der Waals surface area contributed by atoms with E-state index in [0.717, 1.165) is 5.75 Å². The van der Waals surface area contributed by atoms with Crippen LogP contribution in [0, 0.1) is 6.92 Å². The third kappa shape index (κ3) is 5.70. The van der Waals surface area contributed by atoms with Crippen molar-refractivity contribution in [1.82, 2.24) is 0 Å². The monoisotopic (exact) mass is 154 g/mol. The molecule has 0 aromatic heterocycles. The van der Waals surface area contributed by atoms with Crippen LogP contribution in [0.5, 0.6) is 0 Å². The number of hydrogen-bond donors (Lipinski definition) is 1. The largest absolute Gasteiger partial charge is 0.180 e. The molecule has 0 amide bonds. The molecule has 0 fully saturated rings. The standard InChI is InChI=1S/C7H8.C2H6S/c1-7-5-3-2-4-6-7;1-2-3/h2-6H,1H3;3H,2H2,1H3. The topological polar surface area (TPSA) is 0 Å². The van der Waals surface area contributed by atoms with Gasteiger partial charge in [-0.2, -0.15) is 12.6 Å². The van der Waals surface area contributed by atoms with Crippen molar-refractivity contribution in [2.24, 2.45) is 0 Å². The Morgan fingerprint density at radius 2 is 1.60 bits per heavy atom. The van der Waals surface area contributed by atoms with E-state index in [4.69, 9.17) is 0 Å². The lowest BCUT2D eigenvalue weighted by molar-refractivity contribution is 1.48. The molecule has 0 bridgehead atoms. The van der Waals surface area contributed by atoms with Gasteiger partial charge in [0.15, 0.2) is 0 Å². The molecule has 10 heavy (non-hydrogen) atoms. The maximum absolute atomic E-state index is 3.79. The van der Waals surface area contributed by atoms with Crippen LogP contribution in [0.4, 0.5) is 0 Å². The Bertz CT molecular complexity index is 146. The van der Waals surface area contributed by atoms with Crippen molar-refractivity contribution in [2.45, 2.75) is 13.8 Å². The molecule has 0 unspecified atom stereocenters. The van der Waals surface area contributed by atoms with Crippen molar-refractivity contribution in [1.29, 1.82) is 0 Å². The van der Waals surface area contributed by atoms with E-state index >= 15 is 0 Å². The summed E-state index contributed by atoms with van der Waals surface area (Å²) in [5.74, 6) is 0.944. The van der Waals surface area contributed by atoms with Crippen LogP contribution in [0.2, 0.25) is 0 Å². The van der Waals surface area contributed by atoms with E-state index in [1.807, 2.05) is 25.1 Å². The SMILES string of the molecule is CCS.Cc1ccccc1. The first-order chi connectivity index (χ1) is 4.81. The summed E-state index contributed by atoms with van der Waals surface area (Å²) in [6.07, 6.45) is 0. The van der Waals surface area contributed by atoms with Crippen molar-refractivity contribution in [3.05, 3.63) is 35.9 Å². The van der Waals surface area contributed by atoms with Crippen LogP contribution < -0.4 is 0 Å². The highest BCUT2D eigenvalue weighted by Gasteiger charge is 1.72. The Labute approximate surface area is 68.7 Å². The lowest BCUT2D eigenvalue weighted by atomic mass is 10.2. The first-order valence-corrected chi connectivity index (χ1v) is 4.07. The average molecular weight is 154 g/mol. The lowest BCUT2D eigenvalue weighted by Gasteiger charge is -1.82. The highest BCUT2D eigenvalue weighted by atomic mass is 32.1. The van der Waals surface area contributed by atoms with E-state index < -0.39 is 0 Å². The minimum atomic E-state index is 0.944. The third-order valence-electron chi connectivity index (χ3n) is 0.940. The van der Waals surface area contributed by atoms with Gasteiger partial charge in [0.1, 0.15) is 0 Å². The van der Waals surface area contributed by atoms with Crippen LogP contribution in [0.15, 0.2) is 30.3 Å². The molecule has 0 saturated heterocycles. The number of hydrogen-bond acceptors (Lipinski definition) is 1. The van der Waals surface area contributed by atoms with Gasteiger partial charge in [0.05, 0.1) is 0 Å². The summed E-state index contributed by atoms with van der Waals surface area (Å²) in [7, 11) is 0. The minimum absolute atomic E-state index is 0.944. The molecule has 1 aromatic carbocycles. The Hall–Kier alpha value is -0.430. The Balaban J connectivity index is 0.000000236. The molecule has 0 saturated carbocycles. The van der Waals surface area contributed by atoms with Crippen molar-refractivity contribution < 1.29 is 0 Å². The minimum Gasteiger partial charge on any atom is -0.180 e. The first-order valence-electron chi connectivity index (χ1n) is 3.43. The van der Waals surface area contributed by atoms with Crippen molar-refractivity contribution >= 4 is 12.6 Å². The van der Waals surface area contributed by atoms with Gasteiger partial charge < -0.3 is 0 Å². The summed E-state index contributed by atoms with van der Waals surface area (Å²) < 4.78 is 0. The summed E-state index contributed by atoms with van der Waals surface area (Å²) in [5.41, 5.74) is 1.32. The van der Waals surface area contributed by atoms with Gasteiger partial charge in [-0.15, -0.1) is 0 Å². The maximum atomic E-state index is 3.79. The fourth-order valence-corrected chi connectivity index (χ4v) is 0.534. The molecule has 0 heterocycles. The van der Waals surface area contributed by atoms with Crippen molar-refractivity contribution in [2.75, 3.05) is 5.75 Å². The molecule has 1 aromatic rings. The third-order valence-corrected chi connectivity index (χ3v) is 0.940. The lowest BCUT2D eigenvalue weighted by Crippen LogP contribution is -1.62. The summed E-state index contributed by atoms with van der Waals surface area (Å²) in [4.78, 5) is 0. The van der Waals surface area contributed by atoms with E-state index in [2.05, 4.69) is 31.7 Å². The second-order valence-corrected chi connectivity index (χ2v) is 2.60. The van der Waals surface area contributed by atoms with Crippen LogP contribution in [0.3, 0.4) is 0 Å². The number of aryl methyl sites for hydroxylation is 1. The molecular weight excluding hydrogens is 140 g/mol. The zero-order chi connectivity index (χ0) is 7.82. The van der Waals surface area contributed by atoms with Gasteiger partial charge in [-0.25, -0.2) is 0 Å². The van der Waals surface area contributed by atoms with Gasteiger partial charge in [-0.3, -0.25) is 0 Å². The fraction of sp³-hybridized carbons (Fsp3) is 0.333. The van der Waals surface area contributed by atoms with E-state index in [0.29, 0.717) is 0 Å². The van der Waals surface area contributed by atoms with Gasteiger partial charge in [0.2, 0.25) is 0 Å². The van der Waals surface area contributed by atoms with Crippen LogP contribution >= 0.6 is 12.6 Å². The summed E-state index contributed by atoms with van der Waals surface area (Å²) in [5, 5.41) is 0. The van der Waals surface area contributed by atoms with Crippen LogP contribution in [0.25, 0.3) is 0 Å². The smallest absolute Gasteiger partial charge is 0.0126 e. The second kappa shape index (κ2) is 6.69. The molecule has 0 aliphatic heterocycles.